The largest absolute Gasteiger partial charge is 0.490 e. The van der Waals surface area contributed by atoms with Gasteiger partial charge in [0.15, 0.2) is 5.76 Å². The van der Waals surface area contributed by atoms with Crippen molar-refractivity contribution < 1.29 is 27.2 Å². The van der Waals surface area contributed by atoms with Gasteiger partial charge in [0.25, 0.3) is 0 Å². The van der Waals surface area contributed by atoms with Crippen LogP contribution in [0.25, 0.3) is 0 Å². The van der Waals surface area contributed by atoms with Gasteiger partial charge in [-0.1, -0.05) is 22.9 Å². The van der Waals surface area contributed by atoms with E-state index in [1.165, 1.54) is 4.31 Å². The van der Waals surface area contributed by atoms with Gasteiger partial charge in [-0.2, -0.15) is 4.31 Å². The number of esters is 1. The van der Waals surface area contributed by atoms with Gasteiger partial charge in [0.1, 0.15) is 29.6 Å². The Morgan fingerprint density at radius 3 is 2.59 bits per heavy atom. The van der Waals surface area contributed by atoms with Gasteiger partial charge in [-0.05, 0) is 45.7 Å². The smallest absolute Gasteiger partial charge is 0.310 e. The summed E-state index contributed by atoms with van der Waals surface area (Å²) in [5.74, 6) is 0.0519. The van der Waals surface area contributed by atoms with Crippen molar-refractivity contribution in [1.82, 2.24) is 9.46 Å². The maximum Gasteiger partial charge on any atom is 0.310 e. The minimum atomic E-state index is -3.77. The summed E-state index contributed by atoms with van der Waals surface area (Å²) in [5.41, 5.74) is 1.46. The third-order valence-corrected chi connectivity index (χ3v) is 7.01. The SMILES string of the molecule is Cc1ccc(OCCOC(=O)C2CCCN(S(=O)(=O)c3c(C)noc3C)C2)cc1. The third-order valence-electron chi connectivity index (χ3n) is 4.90. The van der Waals surface area contributed by atoms with Crippen molar-refractivity contribution in [2.75, 3.05) is 26.3 Å². The molecule has 0 N–H and O–H groups in total. The Morgan fingerprint density at radius 2 is 1.93 bits per heavy atom. The molecule has 3 rings (SSSR count). The van der Waals surface area contributed by atoms with Crippen molar-refractivity contribution in [3.8, 4) is 5.75 Å². The number of hydrogen-bond acceptors (Lipinski definition) is 7. The zero-order valence-corrected chi connectivity index (χ0v) is 17.7. The Bertz CT molecular complexity index is 932. The number of aromatic nitrogens is 1. The fourth-order valence-corrected chi connectivity index (χ4v) is 5.19. The molecule has 1 aliphatic rings. The highest BCUT2D eigenvalue weighted by atomic mass is 32.2. The summed E-state index contributed by atoms with van der Waals surface area (Å²) >= 11 is 0. The lowest BCUT2D eigenvalue weighted by Crippen LogP contribution is -2.43. The first-order valence-electron chi connectivity index (χ1n) is 9.58. The van der Waals surface area contributed by atoms with E-state index in [1.807, 2.05) is 31.2 Å². The van der Waals surface area contributed by atoms with Gasteiger partial charge in [-0.15, -0.1) is 0 Å². The Hall–Kier alpha value is -2.39. The maximum absolute atomic E-state index is 13.0. The first-order chi connectivity index (χ1) is 13.8. The van der Waals surface area contributed by atoms with E-state index in [0.717, 1.165) is 5.56 Å². The van der Waals surface area contributed by atoms with Crippen LogP contribution in [-0.4, -0.2) is 50.2 Å². The van der Waals surface area contributed by atoms with E-state index in [2.05, 4.69) is 5.16 Å². The number of hydrogen-bond donors (Lipinski definition) is 0. The van der Waals surface area contributed by atoms with Gasteiger partial charge in [-0.25, -0.2) is 8.42 Å². The topological polar surface area (TPSA) is 98.9 Å². The van der Waals surface area contributed by atoms with Crippen LogP contribution >= 0.6 is 0 Å². The number of nitrogens with zero attached hydrogens (tertiary/aromatic N) is 2. The molecular formula is C20H26N2O6S. The van der Waals surface area contributed by atoms with Crippen molar-refractivity contribution in [3.05, 3.63) is 41.3 Å². The average Bonchev–Trinajstić information content (AvgIpc) is 3.05. The second kappa shape index (κ2) is 8.96. The van der Waals surface area contributed by atoms with E-state index >= 15 is 0 Å². The normalized spacial score (nSPS) is 17.8. The fourth-order valence-electron chi connectivity index (χ4n) is 3.38. The minimum absolute atomic E-state index is 0.0815. The molecule has 1 aromatic heterocycles. The summed E-state index contributed by atoms with van der Waals surface area (Å²) in [6.07, 6.45) is 1.17. The molecule has 1 saturated heterocycles. The third kappa shape index (κ3) is 4.97. The number of benzene rings is 1. The molecule has 1 aromatic carbocycles. The number of rotatable bonds is 7. The molecule has 0 bridgehead atoms. The molecule has 158 valence electrons. The standard InChI is InChI=1S/C20H26N2O6S/c1-14-6-8-18(9-7-14)26-11-12-27-20(23)17-5-4-10-22(13-17)29(24,25)19-15(2)21-28-16(19)3/h6-9,17H,4-5,10-13H2,1-3H3. The Balaban J connectivity index is 1.53. The molecular weight excluding hydrogens is 396 g/mol. The second-order valence-electron chi connectivity index (χ2n) is 7.18. The van der Waals surface area contributed by atoms with Crippen LogP contribution in [0.1, 0.15) is 29.9 Å². The van der Waals surface area contributed by atoms with Crippen LogP contribution < -0.4 is 4.74 Å². The summed E-state index contributed by atoms with van der Waals surface area (Å²) in [6.45, 7) is 5.94. The second-order valence-corrected chi connectivity index (χ2v) is 9.06. The van der Waals surface area contributed by atoms with Gasteiger partial charge in [0, 0.05) is 13.1 Å². The highest BCUT2D eigenvalue weighted by molar-refractivity contribution is 7.89. The van der Waals surface area contributed by atoms with E-state index < -0.39 is 21.9 Å². The van der Waals surface area contributed by atoms with Gasteiger partial charge in [0.2, 0.25) is 10.0 Å². The van der Waals surface area contributed by atoms with E-state index in [-0.39, 0.29) is 30.4 Å². The molecule has 1 atom stereocenters. The quantitative estimate of drug-likeness (QED) is 0.499. The predicted octanol–water partition coefficient (Wildman–Crippen LogP) is 2.62. The fraction of sp³-hybridized carbons (Fsp3) is 0.500. The van der Waals surface area contributed by atoms with Gasteiger partial charge in [0.05, 0.1) is 5.92 Å². The van der Waals surface area contributed by atoms with Gasteiger partial charge < -0.3 is 14.0 Å². The van der Waals surface area contributed by atoms with E-state index in [0.29, 0.717) is 30.8 Å². The van der Waals surface area contributed by atoms with Crippen molar-refractivity contribution in [2.24, 2.45) is 5.92 Å². The lowest BCUT2D eigenvalue weighted by molar-refractivity contribution is -0.150. The summed E-state index contributed by atoms with van der Waals surface area (Å²) in [6, 6.07) is 7.60. The first kappa shape index (κ1) is 21.3. The van der Waals surface area contributed by atoms with Crippen LogP contribution in [-0.2, 0) is 19.6 Å². The molecule has 8 nitrogen and oxygen atoms in total. The predicted molar refractivity (Wildman–Crippen MR) is 105 cm³/mol. The van der Waals surface area contributed by atoms with E-state index in [4.69, 9.17) is 14.0 Å². The molecule has 2 heterocycles. The van der Waals surface area contributed by atoms with Gasteiger partial charge in [-0.3, -0.25) is 4.79 Å². The number of sulfonamides is 1. The van der Waals surface area contributed by atoms with E-state index in [1.54, 1.807) is 13.8 Å². The highest BCUT2D eigenvalue weighted by Gasteiger charge is 2.37. The molecule has 1 fully saturated rings. The zero-order chi connectivity index (χ0) is 21.0. The molecule has 1 aliphatic heterocycles. The molecule has 0 amide bonds. The zero-order valence-electron chi connectivity index (χ0n) is 16.9. The molecule has 9 heteroatoms. The van der Waals surface area contributed by atoms with Crippen LogP contribution in [0.5, 0.6) is 5.75 Å². The van der Waals surface area contributed by atoms with Crippen LogP contribution in [0.15, 0.2) is 33.7 Å². The maximum atomic E-state index is 13.0. The first-order valence-corrected chi connectivity index (χ1v) is 11.0. The average molecular weight is 423 g/mol. The van der Waals surface area contributed by atoms with Crippen molar-refractivity contribution in [3.63, 3.8) is 0 Å². The molecule has 29 heavy (non-hydrogen) atoms. The number of aryl methyl sites for hydroxylation is 3. The highest BCUT2D eigenvalue weighted by Crippen LogP contribution is 2.28. The van der Waals surface area contributed by atoms with Crippen molar-refractivity contribution in [1.29, 1.82) is 0 Å². The summed E-state index contributed by atoms with van der Waals surface area (Å²) in [7, 11) is -3.77. The van der Waals surface area contributed by atoms with Crippen LogP contribution in [0.3, 0.4) is 0 Å². The van der Waals surface area contributed by atoms with Crippen LogP contribution in [0.2, 0.25) is 0 Å². The Labute approximate surface area is 170 Å². The van der Waals surface area contributed by atoms with Crippen LogP contribution in [0, 0.1) is 26.7 Å². The molecule has 0 saturated carbocycles. The summed E-state index contributed by atoms with van der Waals surface area (Å²) in [5, 5.41) is 3.72. The molecule has 0 aliphatic carbocycles. The molecule has 0 radical (unpaired) electrons. The molecule has 1 unspecified atom stereocenters. The van der Waals surface area contributed by atoms with E-state index in [9.17, 15) is 13.2 Å². The van der Waals surface area contributed by atoms with Crippen LogP contribution in [0.4, 0.5) is 0 Å². The lowest BCUT2D eigenvalue weighted by Gasteiger charge is -2.30. The lowest BCUT2D eigenvalue weighted by atomic mass is 10.0. The molecule has 2 aromatic rings. The summed E-state index contributed by atoms with van der Waals surface area (Å²) < 4.78 is 43.1. The minimum Gasteiger partial charge on any atom is -0.490 e. The summed E-state index contributed by atoms with van der Waals surface area (Å²) in [4.78, 5) is 12.5. The Kier molecular flexibility index (Phi) is 6.59. The number of carbonyl (C=O) groups is 1. The Morgan fingerprint density at radius 1 is 1.21 bits per heavy atom. The number of piperidine rings is 1. The number of carbonyl (C=O) groups excluding carboxylic acids is 1. The molecule has 0 spiro atoms. The van der Waals surface area contributed by atoms with Crippen molar-refractivity contribution >= 4 is 16.0 Å². The van der Waals surface area contributed by atoms with Gasteiger partial charge >= 0.3 is 5.97 Å². The number of ether oxygens (including phenoxy) is 2. The monoisotopic (exact) mass is 422 g/mol. The van der Waals surface area contributed by atoms with Crippen molar-refractivity contribution in [2.45, 2.75) is 38.5 Å².